The molecule has 0 bridgehead atoms. The SMILES string of the molecule is CCCC(CNCC(C)C)N(C)Cc1ccncc1. The van der Waals surface area contributed by atoms with Crippen molar-refractivity contribution < 1.29 is 0 Å². The van der Waals surface area contributed by atoms with Crippen molar-refractivity contribution >= 4 is 0 Å². The molecule has 1 heterocycles. The predicted molar refractivity (Wildman–Crippen MR) is 82.1 cm³/mol. The zero-order chi connectivity index (χ0) is 14.1. The summed E-state index contributed by atoms with van der Waals surface area (Å²) in [4.78, 5) is 6.52. The molecule has 0 aromatic carbocycles. The van der Waals surface area contributed by atoms with E-state index in [9.17, 15) is 0 Å². The third-order valence-electron chi connectivity index (χ3n) is 3.36. The van der Waals surface area contributed by atoms with E-state index in [1.165, 1.54) is 18.4 Å². The fourth-order valence-electron chi connectivity index (χ4n) is 2.26. The van der Waals surface area contributed by atoms with Crippen LogP contribution in [-0.2, 0) is 6.54 Å². The summed E-state index contributed by atoms with van der Waals surface area (Å²) in [5, 5.41) is 3.58. The molecule has 1 unspecified atom stereocenters. The molecule has 0 aliphatic carbocycles. The summed E-state index contributed by atoms with van der Waals surface area (Å²) in [5.41, 5.74) is 1.34. The first kappa shape index (κ1) is 16.1. The van der Waals surface area contributed by atoms with E-state index in [0.29, 0.717) is 12.0 Å². The van der Waals surface area contributed by atoms with Crippen molar-refractivity contribution in [2.75, 3.05) is 20.1 Å². The van der Waals surface area contributed by atoms with Crippen molar-refractivity contribution in [3.8, 4) is 0 Å². The van der Waals surface area contributed by atoms with Gasteiger partial charge in [0.05, 0.1) is 0 Å². The van der Waals surface area contributed by atoms with Crippen molar-refractivity contribution in [1.29, 1.82) is 0 Å². The van der Waals surface area contributed by atoms with Crippen LogP contribution in [0.4, 0.5) is 0 Å². The average Bonchev–Trinajstić information content (AvgIpc) is 2.38. The van der Waals surface area contributed by atoms with Crippen LogP contribution >= 0.6 is 0 Å². The number of hydrogen-bond donors (Lipinski definition) is 1. The number of aromatic nitrogens is 1. The number of rotatable bonds is 9. The topological polar surface area (TPSA) is 28.2 Å². The van der Waals surface area contributed by atoms with Gasteiger partial charge >= 0.3 is 0 Å². The van der Waals surface area contributed by atoms with E-state index in [-0.39, 0.29) is 0 Å². The highest BCUT2D eigenvalue weighted by Gasteiger charge is 2.13. The third-order valence-corrected chi connectivity index (χ3v) is 3.36. The van der Waals surface area contributed by atoms with Crippen molar-refractivity contribution in [3.63, 3.8) is 0 Å². The molecule has 0 aliphatic rings. The first-order valence-electron chi connectivity index (χ1n) is 7.43. The molecule has 0 fully saturated rings. The van der Waals surface area contributed by atoms with E-state index in [1.807, 2.05) is 12.4 Å². The van der Waals surface area contributed by atoms with Crippen molar-refractivity contribution in [2.24, 2.45) is 5.92 Å². The molecule has 108 valence electrons. The molecule has 1 N–H and O–H groups in total. The summed E-state index contributed by atoms with van der Waals surface area (Å²) in [5.74, 6) is 0.716. The molecular weight excluding hydrogens is 234 g/mol. The number of nitrogens with zero attached hydrogens (tertiary/aromatic N) is 2. The van der Waals surface area contributed by atoms with E-state index < -0.39 is 0 Å². The molecule has 0 aliphatic heterocycles. The molecule has 1 rings (SSSR count). The van der Waals surface area contributed by atoms with Gasteiger partial charge in [0.15, 0.2) is 0 Å². The molecular formula is C16H29N3. The second-order valence-corrected chi connectivity index (χ2v) is 5.77. The highest BCUT2D eigenvalue weighted by Crippen LogP contribution is 2.09. The lowest BCUT2D eigenvalue weighted by Crippen LogP contribution is -2.40. The first-order valence-corrected chi connectivity index (χ1v) is 7.43. The van der Waals surface area contributed by atoms with Crippen LogP contribution in [-0.4, -0.2) is 36.1 Å². The van der Waals surface area contributed by atoms with E-state index in [2.05, 4.69) is 55.2 Å². The minimum absolute atomic E-state index is 0.608. The van der Waals surface area contributed by atoms with Gasteiger partial charge in [-0.1, -0.05) is 27.2 Å². The van der Waals surface area contributed by atoms with Gasteiger partial charge in [0.25, 0.3) is 0 Å². The van der Waals surface area contributed by atoms with Crippen molar-refractivity contribution in [3.05, 3.63) is 30.1 Å². The second kappa shape index (κ2) is 9.05. The lowest BCUT2D eigenvalue weighted by atomic mass is 10.1. The lowest BCUT2D eigenvalue weighted by Gasteiger charge is -2.28. The Morgan fingerprint density at radius 3 is 2.47 bits per heavy atom. The van der Waals surface area contributed by atoms with Gasteiger partial charge in [0.1, 0.15) is 0 Å². The smallest absolute Gasteiger partial charge is 0.0271 e. The maximum absolute atomic E-state index is 4.07. The molecule has 1 aromatic heterocycles. The molecule has 19 heavy (non-hydrogen) atoms. The molecule has 0 amide bonds. The Kier molecular flexibility index (Phi) is 7.68. The summed E-state index contributed by atoms with van der Waals surface area (Å²) in [6.07, 6.45) is 6.21. The quantitative estimate of drug-likeness (QED) is 0.742. The fraction of sp³-hybridized carbons (Fsp3) is 0.688. The Morgan fingerprint density at radius 2 is 1.89 bits per heavy atom. The molecule has 0 saturated carbocycles. The Hall–Kier alpha value is -0.930. The summed E-state index contributed by atoms with van der Waals surface area (Å²) >= 11 is 0. The van der Waals surface area contributed by atoms with Crippen LogP contribution in [0.5, 0.6) is 0 Å². The Morgan fingerprint density at radius 1 is 1.21 bits per heavy atom. The van der Waals surface area contributed by atoms with Gasteiger partial charge in [-0.2, -0.15) is 0 Å². The van der Waals surface area contributed by atoms with Crippen LogP contribution in [0.25, 0.3) is 0 Å². The number of likely N-dealkylation sites (N-methyl/N-ethyl adjacent to an activating group) is 1. The maximum Gasteiger partial charge on any atom is 0.0271 e. The van der Waals surface area contributed by atoms with Crippen LogP contribution in [0.2, 0.25) is 0 Å². The minimum Gasteiger partial charge on any atom is -0.315 e. The van der Waals surface area contributed by atoms with Gasteiger partial charge in [-0.05, 0) is 43.6 Å². The van der Waals surface area contributed by atoms with E-state index in [1.54, 1.807) is 0 Å². The first-order chi connectivity index (χ1) is 9.13. The van der Waals surface area contributed by atoms with Gasteiger partial charge in [0, 0.05) is 31.5 Å². The number of nitrogens with one attached hydrogen (secondary N) is 1. The average molecular weight is 263 g/mol. The van der Waals surface area contributed by atoms with Crippen LogP contribution < -0.4 is 5.32 Å². The molecule has 3 nitrogen and oxygen atoms in total. The number of hydrogen-bond acceptors (Lipinski definition) is 3. The van der Waals surface area contributed by atoms with Crippen LogP contribution in [0.1, 0.15) is 39.2 Å². The normalized spacial score (nSPS) is 13.2. The molecule has 0 radical (unpaired) electrons. The van der Waals surface area contributed by atoms with Crippen molar-refractivity contribution in [1.82, 2.24) is 15.2 Å². The largest absolute Gasteiger partial charge is 0.315 e. The van der Waals surface area contributed by atoms with Gasteiger partial charge < -0.3 is 5.32 Å². The monoisotopic (exact) mass is 263 g/mol. The molecule has 0 spiro atoms. The third kappa shape index (κ3) is 6.69. The van der Waals surface area contributed by atoms with Gasteiger partial charge in [-0.15, -0.1) is 0 Å². The summed E-state index contributed by atoms with van der Waals surface area (Å²) in [6, 6.07) is 4.80. The Labute approximate surface area is 118 Å². The van der Waals surface area contributed by atoms with E-state index in [4.69, 9.17) is 0 Å². The van der Waals surface area contributed by atoms with Crippen molar-refractivity contribution in [2.45, 2.75) is 46.2 Å². The minimum atomic E-state index is 0.608. The molecule has 3 heteroatoms. The second-order valence-electron chi connectivity index (χ2n) is 5.77. The molecule has 1 aromatic rings. The Bertz CT molecular complexity index is 324. The predicted octanol–water partition coefficient (Wildman–Crippen LogP) is 2.93. The van der Waals surface area contributed by atoms with Gasteiger partial charge in [-0.25, -0.2) is 0 Å². The fourth-order valence-corrected chi connectivity index (χ4v) is 2.26. The summed E-state index contributed by atoms with van der Waals surface area (Å²) in [6.45, 7) is 9.94. The summed E-state index contributed by atoms with van der Waals surface area (Å²) in [7, 11) is 2.22. The van der Waals surface area contributed by atoms with Crippen LogP contribution in [0, 0.1) is 5.92 Å². The Balaban J connectivity index is 2.45. The van der Waals surface area contributed by atoms with Gasteiger partial charge in [-0.3, -0.25) is 9.88 Å². The lowest BCUT2D eigenvalue weighted by molar-refractivity contribution is 0.213. The van der Waals surface area contributed by atoms with E-state index in [0.717, 1.165) is 19.6 Å². The van der Waals surface area contributed by atoms with Gasteiger partial charge in [0.2, 0.25) is 0 Å². The molecule has 1 atom stereocenters. The zero-order valence-corrected chi connectivity index (χ0v) is 12.9. The van der Waals surface area contributed by atoms with Crippen LogP contribution in [0.3, 0.4) is 0 Å². The maximum atomic E-state index is 4.07. The zero-order valence-electron chi connectivity index (χ0n) is 12.9. The molecule has 0 saturated heterocycles. The highest BCUT2D eigenvalue weighted by molar-refractivity contribution is 5.09. The van der Waals surface area contributed by atoms with E-state index >= 15 is 0 Å². The summed E-state index contributed by atoms with van der Waals surface area (Å²) < 4.78 is 0. The standard InChI is InChI=1S/C16H29N3/c1-5-6-16(12-18-11-14(2)3)19(4)13-15-7-9-17-10-8-15/h7-10,14,16,18H,5-6,11-13H2,1-4H3. The highest BCUT2D eigenvalue weighted by atomic mass is 15.1. The van der Waals surface area contributed by atoms with Crippen LogP contribution in [0.15, 0.2) is 24.5 Å². The number of pyridine rings is 1.